The Balaban J connectivity index is 2.34. The van der Waals surface area contributed by atoms with Crippen LogP contribution in [-0.4, -0.2) is 50.5 Å². The van der Waals surface area contributed by atoms with Gasteiger partial charge >= 0.3 is 0 Å². The maximum Gasteiger partial charge on any atom is 0.244 e. The summed E-state index contributed by atoms with van der Waals surface area (Å²) >= 11 is 6.19. The number of nitrogens with zero attached hydrogens (tertiary/aromatic N) is 2. The van der Waals surface area contributed by atoms with E-state index in [-0.39, 0.29) is 23.2 Å². The van der Waals surface area contributed by atoms with Gasteiger partial charge in [0.15, 0.2) is 0 Å². The highest BCUT2D eigenvalue weighted by molar-refractivity contribution is 7.92. The van der Waals surface area contributed by atoms with E-state index in [4.69, 9.17) is 11.6 Å². The second kappa shape index (κ2) is 12.0. The summed E-state index contributed by atoms with van der Waals surface area (Å²) in [6.45, 7) is 3.49. The second-order valence-electron chi connectivity index (χ2n) is 7.69. The number of carbonyl (C=O) groups is 2. The lowest BCUT2D eigenvalue weighted by molar-refractivity contribution is -0.139. The van der Waals surface area contributed by atoms with E-state index in [1.54, 1.807) is 19.1 Å². The molecule has 180 valence electrons. The van der Waals surface area contributed by atoms with E-state index in [0.717, 1.165) is 23.4 Å². The molecule has 0 saturated heterocycles. The smallest absolute Gasteiger partial charge is 0.244 e. The molecule has 0 heterocycles. The fourth-order valence-electron chi connectivity index (χ4n) is 3.15. The Labute approximate surface area is 199 Å². The minimum atomic E-state index is -3.86. The van der Waals surface area contributed by atoms with E-state index in [9.17, 15) is 22.4 Å². The van der Waals surface area contributed by atoms with Gasteiger partial charge in [0.05, 0.1) is 17.0 Å². The van der Waals surface area contributed by atoms with Crippen molar-refractivity contribution in [3.63, 3.8) is 0 Å². The molecule has 0 bridgehead atoms. The van der Waals surface area contributed by atoms with Crippen LogP contribution in [0.3, 0.4) is 0 Å². The highest BCUT2D eigenvalue weighted by Crippen LogP contribution is 2.27. The van der Waals surface area contributed by atoms with Crippen LogP contribution in [0.25, 0.3) is 0 Å². The lowest BCUT2D eigenvalue weighted by Crippen LogP contribution is -2.51. The van der Waals surface area contributed by atoms with Crippen molar-refractivity contribution in [1.29, 1.82) is 0 Å². The lowest BCUT2D eigenvalue weighted by Gasteiger charge is -2.31. The SMILES string of the molecule is CCCCNC(=O)[C@H](C)N(Cc1ccc(F)cc1)C(=O)CN(c1ccccc1Cl)S(C)(=O)=O. The zero-order valence-corrected chi connectivity index (χ0v) is 20.5. The molecule has 0 aliphatic carbocycles. The molecule has 33 heavy (non-hydrogen) atoms. The largest absolute Gasteiger partial charge is 0.354 e. The monoisotopic (exact) mass is 497 g/mol. The summed E-state index contributed by atoms with van der Waals surface area (Å²) in [6, 6.07) is 11.0. The maximum absolute atomic E-state index is 13.4. The first-order valence-corrected chi connectivity index (χ1v) is 12.8. The fraction of sp³-hybridized carbons (Fsp3) is 0.391. The zero-order chi connectivity index (χ0) is 24.6. The van der Waals surface area contributed by atoms with Crippen LogP contribution in [0.5, 0.6) is 0 Å². The number of para-hydroxylation sites is 1. The topological polar surface area (TPSA) is 86.8 Å². The molecule has 7 nitrogen and oxygen atoms in total. The van der Waals surface area contributed by atoms with E-state index >= 15 is 0 Å². The molecule has 2 aromatic rings. The number of nitrogens with one attached hydrogen (secondary N) is 1. The van der Waals surface area contributed by atoms with Crippen molar-refractivity contribution in [2.24, 2.45) is 0 Å². The second-order valence-corrected chi connectivity index (χ2v) is 10.0. The maximum atomic E-state index is 13.4. The number of amides is 2. The molecule has 0 saturated carbocycles. The number of rotatable bonds is 11. The van der Waals surface area contributed by atoms with Gasteiger partial charge < -0.3 is 10.2 Å². The van der Waals surface area contributed by atoms with Gasteiger partial charge in [-0.2, -0.15) is 0 Å². The Hall–Kier alpha value is -2.65. The van der Waals surface area contributed by atoms with Gasteiger partial charge in [-0.1, -0.05) is 49.2 Å². The number of hydrogen-bond acceptors (Lipinski definition) is 4. The number of benzene rings is 2. The summed E-state index contributed by atoms with van der Waals surface area (Å²) in [7, 11) is -3.86. The lowest BCUT2D eigenvalue weighted by atomic mass is 10.1. The number of anilines is 1. The molecular formula is C23H29ClFN3O4S. The third kappa shape index (κ3) is 7.71. The standard InChI is InChI=1S/C23H29ClFN3O4S/c1-4-5-14-26-23(30)17(2)27(15-18-10-12-19(25)13-11-18)22(29)16-28(33(3,31)32)21-9-7-6-8-20(21)24/h6-13,17H,4-5,14-16H2,1-3H3,(H,26,30)/t17-/m0/s1. The van der Waals surface area contributed by atoms with Gasteiger partial charge in [-0.3, -0.25) is 13.9 Å². The van der Waals surface area contributed by atoms with Crippen LogP contribution in [-0.2, 0) is 26.2 Å². The molecule has 10 heteroatoms. The Morgan fingerprint density at radius 1 is 1.12 bits per heavy atom. The minimum absolute atomic E-state index is 0.00159. The number of sulfonamides is 1. The van der Waals surface area contributed by atoms with Crippen LogP contribution in [0, 0.1) is 5.82 Å². The fourth-order valence-corrected chi connectivity index (χ4v) is 4.30. The Morgan fingerprint density at radius 3 is 2.33 bits per heavy atom. The van der Waals surface area contributed by atoms with Crippen LogP contribution in [0.15, 0.2) is 48.5 Å². The quantitative estimate of drug-likeness (QED) is 0.481. The molecule has 0 unspecified atom stereocenters. The van der Waals surface area contributed by atoms with Crippen LogP contribution in [0.2, 0.25) is 5.02 Å². The number of unbranched alkanes of at least 4 members (excludes halogenated alkanes) is 1. The zero-order valence-electron chi connectivity index (χ0n) is 18.9. The molecule has 2 amide bonds. The molecular weight excluding hydrogens is 469 g/mol. The van der Waals surface area contributed by atoms with E-state index in [1.165, 1.54) is 41.3 Å². The number of carbonyl (C=O) groups excluding carboxylic acids is 2. The molecule has 0 aliphatic heterocycles. The highest BCUT2D eigenvalue weighted by atomic mass is 35.5. The van der Waals surface area contributed by atoms with Gasteiger partial charge in [-0.25, -0.2) is 12.8 Å². The van der Waals surface area contributed by atoms with Gasteiger partial charge in [0.1, 0.15) is 18.4 Å². The van der Waals surface area contributed by atoms with E-state index in [0.29, 0.717) is 12.1 Å². The Kier molecular flexibility index (Phi) is 9.67. The average Bonchev–Trinajstić information content (AvgIpc) is 2.76. The van der Waals surface area contributed by atoms with Gasteiger partial charge in [0, 0.05) is 13.1 Å². The first-order chi connectivity index (χ1) is 15.5. The summed E-state index contributed by atoms with van der Waals surface area (Å²) in [6.07, 6.45) is 2.67. The first kappa shape index (κ1) is 26.6. The van der Waals surface area contributed by atoms with Crippen LogP contribution in [0.4, 0.5) is 10.1 Å². The molecule has 0 aromatic heterocycles. The van der Waals surface area contributed by atoms with Crippen LogP contribution < -0.4 is 9.62 Å². The Bertz CT molecular complexity index is 1060. The molecule has 1 N–H and O–H groups in total. The minimum Gasteiger partial charge on any atom is -0.354 e. The predicted molar refractivity (Wildman–Crippen MR) is 128 cm³/mol. The summed E-state index contributed by atoms with van der Waals surface area (Å²) in [5, 5.41) is 2.96. The highest BCUT2D eigenvalue weighted by Gasteiger charge is 2.30. The molecule has 2 rings (SSSR count). The van der Waals surface area contributed by atoms with E-state index < -0.39 is 34.3 Å². The average molecular weight is 498 g/mol. The summed E-state index contributed by atoms with van der Waals surface area (Å²) < 4.78 is 39.2. The summed E-state index contributed by atoms with van der Waals surface area (Å²) in [4.78, 5) is 27.3. The predicted octanol–water partition coefficient (Wildman–Crippen LogP) is 3.58. The van der Waals surface area contributed by atoms with Crippen molar-refractivity contribution in [3.8, 4) is 0 Å². The van der Waals surface area contributed by atoms with Crippen molar-refractivity contribution in [2.75, 3.05) is 23.7 Å². The van der Waals surface area contributed by atoms with Gasteiger partial charge in [0.25, 0.3) is 0 Å². The molecule has 0 aliphatic rings. The normalized spacial score (nSPS) is 12.2. The molecule has 0 spiro atoms. The molecule has 1 atom stereocenters. The third-order valence-electron chi connectivity index (χ3n) is 5.06. The van der Waals surface area contributed by atoms with Gasteiger partial charge in [0.2, 0.25) is 21.8 Å². The molecule has 2 aromatic carbocycles. The number of hydrogen-bond donors (Lipinski definition) is 1. The van der Waals surface area contributed by atoms with Crippen LogP contribution in [0.1, 0.15) is 32.3 Å². The molecule has 0 fully saturated rings. The number of halogens is 2. The summed E-state index contributed by atoms with van der Waals surface area (Å²) in [5.41, 5.74) is 0.762. The van der Waals surface area contributed by atoms with Crippen molar-refractivity contribution in [2.45, 2.75) is 39.3 Å². The van der Waals surface area contributed by atoms with E-state index in [1.807, 2.05) is 6.92 Å². The summed E-state index contributed by atoms with van der Waals surface area (Å²) in [5.74, 6) is -1.38. The van der Waals surface area contributed by atoms with E-state index in [2.05, 4.69) is 5.32 Å². The van der Waals surface area contributed by atoms with Gasteiger partial charge in [-0.05, 0) is 43.2 Å². The third-order valence-corrected chi connectivity index (χ3v) is 6.51. The van der Waals surface area contributed by atoms with Crippen LogP contribution >= 0.6 is 11.6 Å². The molecule has 0 radical (unpaired) electrons. The Morgan fingerprint density at radius 2 is 1.76 bits per heavy atom. The van der Waals surface area contributed by atoms with Crippen molar-refractivity contribution in [3.05, 3.63) is 64.9 Å². The van der Waals surface area contributed by atoms with Gasteiger partial charge in [-0.15, -0.1) is 0 Å². The van der Waals surface area contributed by atoms with Crippen molar-refractivity contribution < 1.29 is 22.4 Å². The first-order valence-electron chi connectivity index (χ1n) is 10.6. The van der Waals surface area contributed by atoms with Crippen molar-refractivity contribution >= 4 is 39.1 Å². The van der Waals surface area contributed by atoms with Crippen molar-refractivity contribution in [1.82, 2.24) is 10.2 Å².